The number of rotatable bonds is 6. The van der Waals surface area contributed by atoms with Crippen LogP contribution in [0, 0.1) is 0 Å². The van der Waals surface area contributed by atoms with E-state index in [0.717, 1.165) is 11.3 Å². The van der Waals surface area contributed by atoms with E-state index in [0.29, 0.717) is 18.4 Å². The molecule has 2 aromatic rings. The van der Waals surface area contributed by atoms with Crippen LogP contribution in [0.1, 0.15) is 17.5 Å². The number of pyridine rings is 1. The van der Waals surface area contributed by atoms with Crippen molar-refractivity contribution in [3.05, 3.63) is 64.1 Å². The SMILES string of the molecule is COc1cccc(CCC(=O)NCc2cccn(C)c2=O)c1. The number of methoxy groups -OCH3 is 1. The van der Waals surface area contributed by atoms with Gasteiger partial charge in [0.15, 0.2) is 0 Å². The standard InChI is InChI=1S/C17H20N2O3/c1-19-10-4-6-14(17(19)21)12-18-16(20)9-8-13-5-3-7-15(11-13)22-2/h3-7,10-11H,8-9,12H2,1-2H3,(H,18,20). The summed E-state index contributed by atoms with van der Waals surface area (Å²) in [6.45, 7) is 0.254. The number of nitrogens with one attached hydrogen (secondary N) is 1. The first-order valence-corrected chi connectivity index (χ1v) is 7.14. The van der Waals surface area contributed by atoms with Crippen LogP contribution < -0.4 is 15.6 Å². The van der Waals surface area contributed by atoms with Gasteiger partial charge in [0.25, 0.3) is 5.56 Å². The zero-order valence-corrected chi connectivity index (χ0v) is 12.8. The monoisotopic (exact) mass is 300 g/mol. The summed E-state index contributed by atoms with van der Waals surface area (Å²) in [4.78, 5) is 23.7. The highest BCUT2D eigenvalue weighted by Crippen LogP contribution is 2.13. The van der Waals surface area contributed by atoms with Gasteiger partial charge in [-0.15, -0.1) is 0 Å². The van der Waals surface area contributed by atoms with Gasteiger partial charge in [0.05, 0.1) is 7.11 Å². The van der Waals surface area contributed by atoms with Crippen molar-refractivity contribution in [2.45, 2.75) is 19.4 Å². The van der Waals surface area contributed by atoms with E-state index in [1.54, 1.807) is 32.5 Å². The second-order valence-corrected chi connectivity index (χ2v) is 5.08. The lowest BCUT2D eigenvalue weighted by Crippen LogP contribution is -2.28. The molecule has 0 aliphatic heterocycles. The molecule has 0 aliphatic rings. The minimum absolute atomic E-state index is 0.0753. The summed E-state index contributed by atoms with van der Waals surface area (Å²) >= 11 is 0. The average molecular weight is 300 g/mol. The zero-order chi connectivity index (χ0) is 15.9. The number of benzene rings is 1. The van der Waals surface area contributed by atoms with Gasteiger partial charge in [-0.2, -0.15) is 0 Å². The topological polar surface area (TPSA) is 60.3 Å². The van der Waals surface area contributed by atoms with Gasteiger partial charge >= 0.3 is 0 Å². The van der Waals surface area contributed by atoms with E-state index >= 15 is 0 Å². The Balaban J connectivity index is 1.85. The summed E-state index contributed by atoms with van der Waals surface area (Å²) in [5, 5.41) is 2.78. The molecular formula is C17H20N2O3. The molecule has 0 saturated heterocycles. The van der Waals surface area contributed by atoms with Gasteiger partial charge < -0.3 is 14.6 Å². The number of hydrogen-bond donors (Lipinski definition) is 1. The maximum Gasteiger partial charge on any atom is 0.255 e. The Kier molecular flexibility index (Phi) is 5.36. The number of carbonyl (C=O) groups excluding carboxylic acids is 1. The van der Waals surface area contributed by atoms with Gasteiger partial charge in [0.2, 0.25) is 5.91 Å². The van der Waals surface area contributed by atoms with Crippen LogP contribution in [0.15, 0.2) is 47.4 Å². The summed E-state index contributed by atoms with van der Waals surface area (Å²) in [7, 11) is 3.31. The van der Waals surface area contributed by atoms with Gasteiger partial charge in [-0.3, -0.25) is 9.59 Å². The number of amides is 1. The molecular weight excluding hydrogens is 280 g/mol. The van der Waals surface area contributed by atoms with E-state index in [9.17, 15) is 9.59 Å². The highest BCUT2D eigenvalue weighted by Gasteiger charge is 2.05. The van der Waals surface area contributed by atoms with Crippen LogP contribution in [0.4, 0.5) is 0 Å². The predicted molar refractivity (Wildman–Crippen MR) is 84.8 cm³/mol. The molecule has 1 amide bonds. The Labute approximate surface area is 129 Å². The van der Waals surface area contributed by atoms with Crippen LogP contribution in [0.3, 0.4) is 0 Å². The lowest BCUT2D eigenvalue weighted by atomic mass is 10.1. The van der Waals surface area contributed by atoms with Crippen molar-refractivity contribution in [1.82, 2.24) is 9.88 Å². The molecule has 1 N–H and O–H groups in total. The lowest BCUT2D eigenvalue weighted by molar-refractivity contribution is -0.121. The van der Waals surface area contributed by atoms with Gasteiger partial charge in [-0.1, -0.05) is 18.2 Å². The first-order valence-electron chi connectivity index (χ1n) is 7.14. The van der Waals surface area contributed by atoms with Gasteiger partial charge in [0.1, 0.15) is 5.75 Å². The van der Waals surface area contributed by atoms with Crippen molar-refractivity contribution in [2.75, 3.05) is 7.11 Å². The smallest absolute Gasteiger partial charge is 0.255 e. The third-order valence-electron chi connectivity index (χ3n) is 3.45. The molecule has 1 aromatic carbocycles. The van der Waals surface area contributed by atoms with E-state index in [-0.39, 0.29) is 18.0 Å². The second kappa shape index (κ2) is 7.45. The largest absolute Gasteiger partial charge is 0.497 e. The average Bonchev–Trinajstić information content (AvgIpc) is 2.54. The first kappa shape index (κ1) is 15.8. The van der Waals surface area contributed by atoms with Crippen LogP contribution in [0.25, 0.3) is 0 Å². The molecule has 5 nitrogen and oxygen atoms in total. The molecule has 22 heavy (non-hydrogen) atoms. The zero-order valence-electron chi connectivity index (χ0n) is 12.8. The number of aryl methyl sites for hydroxylation is 2. The first-order chi connectivity index (χ1) is 10.6. The fraction of sp³-hybridized carbons (Fsp3) is 0.294. The van der Waals surface area contributed by atoms with Crippen LogP contribution >= 0.6 is 0 Å². The van der Waals surface area contributed by atoms with E-state index < -0.39 is 0 Å². The molecule has 0 aliphatic carbocycles. The molecule has 0 bridgehead atoms. The number of carbonyl (C=O) groups is 1. The van der Waals surface area contributed by atoms with E-state index in [2.05, 4.69) is 5.32 Å². The van der Waals surface area contributed by atoms with E-state index in [1.165, 1.54) is 4.57 Å². The molecule has 1 heterocycles. The van der Waals surface area contributed by atoms with Crippen LogP contribution in [0.5, 0.6) is 5.75 Å². The number of aromatic nitrogens is 1. The molecule has 5 heteroatoms. The van der Waals surface area contributed by atoms with Gasteiger partial charge in [0, 0.05) is 31.8 Å². The molecule has 0 atom stereocenters. The van der Waals surface area contributed by atoms with Crippen LogP contribution in [0.2, 0.25) is 0 Å². The minimum atomic E-state index is -0.0874. The number of nitrogens with zero attached hydrogens (tertiary/aromatic N) is 1. The molecule has 0 saturated carbocycles. The van der Waals surface area contributed by atoms with Crippen molar-refractivity contribution >= 4 is 5.91 Å². The number of ether oxygens (including phenoxy) is 1. The normalized spacial score (nSPS) is 10.3. The minimum Gasteiger partial charge on any atom is -0.497 e. The Morgan fingerprint density at radius 3 is 2.86 bits per heavy atom. The second-order valence-electron chi connectivity index (χ2n) is 5.08. The predicted octanol–water partition coefficient (Wildman–Crippen LogP) is 1.64. The maximum absolute atomic E-state index is 11.9. The van der Waals surface area contributed by atoms with Crippen LogP contribution in [-0.4, -0.2) is 17.6 Å². The van der Waals surface area contributed by atoms with Gasteiger partial charge in [-0.25, -0.2) is 0 Å². The fourth-order valence-corrected chi connectivity index (χ4v) is 2.16. The molecule has 0 spiro atoms. The van der Waals surface area contributed by atoms with E-state index in [1.807, 2.05) is 24.3 Å². The molecule has 116 valence electrons. The van der Waals surface area contributed by atoms with Crippen molar-refractivity contribution in [1.29, 1.82) is 0 Å². The summed E-state index contributed by atoms with van der Waals surface area (Å²) in [6, 6.07) is 11.2. The fourth-order valence-electron chi connectivity index (χ4n) is 2.16. The van der Waals surface area contributed by atoms with Crippen molar-refractivity contribution in [2.24, 2.45) is 7.05 Å². The van der Waals surface area contributed by atoms with E-state index in [4.69, 9.17) is 4.74 Å². The third-order valence-corrected chi connectivity index (χ3v) is 3.45. The summed E-state index contributed by atoms with van der Waals surface area (Å²) in [6.07, 6.45) is 2.70. The number of hydrogen-bond acceptors (Lipinski definition) is 3. The third kappa shape index (κ3) is 4.22. The summed E-state index contributed by atoms with van der Waals surface area (Å²) < 4.78 is 6.65. The molecule has 2 rings (SSSR count). The van der Waals surface area contributed by atoms with Crippen molar-refractivity contribution < 1.29 is 9.53 Å². The molecule has 0 radical (unpaired) electrons. The van der Waals surface area contributed by atoms with Gasteiger partial charge in [-0.05, 0) is 30.2 Å². The van der Waals surface area contributed by atoms with Crippen molar-refractivity contribution in [3.63, 3.8) is 0 Å². The Morgan fingerprint density at radius 2 is 2.09 bits per heavy atom. The Morgan fingerprint density at radius 1 is 1.27 bits per heavy atom. The maximum atomic E-state index is 11.9. The highest BCUT2D eigenvalue weighted by molar-refractivity contribution is 5.76. The van der Waals surface area contributed by atoms with Crippen LogP contribution in [-0.2, 0) is 24.8 Å². The lowest BCUT2D eigenvalue weighted by Gasteiger charge is -2.07. The summed E-state index contributed by atoms with van der Waals surface area (Å²) in [5.41, 5.74) is 1.54. The quantitative estimate of drug-likeness (QED) is 0.882. The Hall–Kier alpha value is -2.56. The highest BCUT2D eigenvalue weighted by atomic mass is 16.5. The summed E-state index contributed by atoms with van der Waals surface area (Å²) in [5.74, 6) is 0.708. The molecule has 0 fully saturated rings. The Bertz CT molecular complexity index is 707. The molecule has 0 unspecified atom stereocenters. The molecule has 1 aromatic heterocycles. The van der Waals surface area contributed by atoms with Crippen molar-refractivity contribution in [3.8, 4) is 5.75 Å².